The number of hydrogen-bond donors (Lipinski definition) is 1. The Bertz CT molecular complexity index is 428. The number of rotatable bonds is 3. The lowest BCUT2D eigenvalue weighted by Gasteiger charge is -2.20. The molecule has 16 heavy (non-hydrogen) atoms. The number of furan rings is 1. The van der Waals surface area contributed by atoms with Crippen LogP contribution >= 0.6 is 15.9 Å². The molecule has 0 radical (unpaired) electrons. The summed E-state index contributed by atoms with van der Waals surface area (Å²) in [6, 6.07) is 0.982. The number of carbonyl (C=O) groups excluding carboxylic acids is 1. The first-order chi connectivity index (χ1) is 7.59. The highest BCUT2D eigenvalue weighted by Gasteiger charge is 2.36. The average Bonchev–Trinajstić information content (AvgIpc) is 2.76. The Morgan fingerprint density at radius 3 is 3.00 bits per heavy atom. The van der Waals surface area contributed by atoms with E-state index in [4.69, 9.17) is 9.52 Å². The second-order valence-electron chi connectivity index (χ2n) is 3.61. The van der Waals surface area contributed by atoms with Gasteiger partial charge < -0.3 is 14.4 Å². The van der Waals surface area contributed by atoms with E-state index in [2.05, 4.69) is 15.9 Å². The standard InChI is InChI=1S/C10H10BrNO4/c11-6-3-4-16-8(6)5-12-7(10(14)15)1-2-9(12)13/h3-4,7H,1-2,5H2,(H,14,15). The smallest absolute Gasteiger partial charge is 0.326 e. The molecule has 86 valence electrons. The fraction of sp³-hybridized carbons (Fsp3) is 0.400. The minimum absolute atomic E-state index is 0.143. The first-order valence-corrected chi connectivity index (χ1v) is 5.63. The maximum atomic E-state index is 11.5. The molecule has 1 amide bonds. The van der Waals surface area contributed by atoms with Crippen LogP contribution in [0.15, 0.2) is 21.2 Å². The van der Waals surface area contributed by atoms with Crippen LogP contribution in [0, 0.1) is 0 Å². The molecule has 0 aromatic carbocycles. The van der Waals surface area contributed by atoms with Gasteiger partial charge in [-0.05, 0) is 28.4 Å². The highest BCUT2D eigenvalue weighted by Crippen LogP contribution is 2.25. The van der Waals surface area contributed by atoms with Crippen molar-refractivity contribution in [1.82, 2.24) is 4.90 Å². The van der Waals surface area contributed by atoms with Gasteiger partial charge in [0.15, 0.2) is 0 Å². The summed E-state index contributed by atoms with van der Waals surface area (Å²) in [6.45, 7) is 0.198. The Morgan fingerprint density at radius 1 is 1.69 bits per heavy atom. The number of carboxylic acid groups (broad SMARTS) is 1. The number of nitrogens with zero attached hydrogens (tertiary/aromatic N) is 1. The normalized spacial score (nSPS) is 20.4. The van der Waals surface area contributed by atoms with Gasteiger partial charge in [0.1, 0.15) is 11.8 Å². The average molecular weight is 288 g/mol. The van der Waals surface area contributed by atoms with Gasteiger partial charge in [-0.1, -0.05) is 0 Å². The third-order valence-electron chi connectivity index (χ3n) is 2.62. The Balaban J connectivity index is 2.16. The van der Waals surface area contributed by atoms with E-state index in [-0.39, 0.29) is 18.9 Å². The molecule has 1 saturated heterocycles. The third kappa shape index (κ3) is 1.97. The number of halogens is 1. The van der Waals surface area contributed by atoms with E-state index in [1.54, 1.807) is 6.07 Å². The Hall–Kier alpha value is -1.30. The Labute approximate surface area is 100 Å². The molecular formula is C10H10BrNO4. The van der Waals surface area contributed by atoms with Gasteiger partial charge >= 0.3 is 5.97 Å². The molecule has 1 aromatic heterocycles. The van der Waals surface area contributed by atoms with Gasteiger partial charge in [0.05, 0.1) is 17.3 Å². The molecule has 1 aliphatic heterocycles. The fourth-order valence-corrected chi connectivity index (χ4v) is 2.11. The van der Waals surface area contributed by atoms with Crippen molar-refractivity contribution in [3.05, 3.63) is 22.6 Å². The molecule has 1 aliphatic rings. The number of carbonyl (C=O) groups is 2. The molecule has 0 bridgehead atoms. The van der Waals surface area contributed by atoms with Crippen LogP contribution in [0.1, 0.15) is 18.6 Å². The van der Waals surface area contributed by atoms with E-state index < -0.39 is 12.0 Å². The second-order valence-corrected chi connectivity index (χ2v) is 4.46. The van der Waals surface area contributed by atoms with Crippen LogP contribution in [0.25, 0.3) is 0 Å². The lowest BCUT2D eigenvalue weighted by atomic mass is 10.2. The third-order valence-corrected chi connectivity index (χ3v) is 3.32. The monoisotopic (exact) mass is 287 g/mol. The summed E-state index contributed by atoms with van der Waals surface area (Å²) >= 11 is 3.27. The van der Waals surface area contributed by atoms with Crippen LogP contribution in [-0.2, 0) is 16.1 Å². The molecule has 1 N–H and O–H groups in total. The highest BCUT2D eigenvalue weighted by molar-refractivity contribution is 9.10. The van der Waals surface area contributed by atoms with Crippen molar-refractivity contribution in [2.45, 2.75) is 25.4 Å². The van der Waals surface area contributed by atoms with Crippen molar-refractivity contribution in [3.63, 3.8) is 0 Å². The van der Waals surface area contributed by atoms with Crippen LogP contribution in [0.2, 0.25) is 0 Å². The zero-order valence-corrected chi connectivity index (χ0v) is 9.94. The zero-order chi connectivity index (χ0) is 11.7. The van der Waals surface area contributed by atoms with Crippen molar-refractivity contribution < 1.29 is 19.1 Å². The van der Waals surface area contributed by atoms with E-state index >= 15 is 0 Å². The minimum atomic E-state index is -0.964. The van der Waals surface area contributed by atoms with Crippen LogP contribution in [-0.4, -0.2) is 27.9 Å². The summed E-state index contributed by atoms with van der Waals surface area (Å²) in [5.41, 5.74) is 0. The minimum Gasteiger partial charge on any atom is -0.480 e. The van der Waals surface area contributed by atoms with Crippen molar-refractivity contribution >= 4 is 27.8 Å². The maximum absolute atomic E-state index is 11.5. The van der Waals surface area contributed by atoms with Gasteiger partial charge in [-0.25, -0.2) is 4.79 Å². The maximum Gasteiger partial charge on any atom is 0.326 e. The molecule has 2 heterocycles. The quantitative estimate of drug-likeness (QED) is 0.917. The Morgan fingerprint density at radius 2 is 2.44 bits per heavy atom. The summed E-state index contributed by atoms with van der Waals surface area (Å²) in [6.07, 6.45) is 2.15. The lowest BCUT2D eigenvalue weighted by molar-refractivity contribution is -0.146. The topological polar surface area (TPSA) is 70.8 Å². The molecule has 0 spiro atoms. The number of carboxylic acids is 1. The molecule has 2 rings (SSSR count). The molecule has 5 nitrogen and oxygen atoms in total. The van der Waals surface area contributed by atoms with Crippen molar-refractivity contribution in [1.29, 1.82) is 0 Å². The van der Waals surface area contributed by atoms with Crippen LogP contribution in [0.4, 0.5) is 0 Å². The van der Waals surface area contributed by atoms with Crippen molar-refractivity contribution in [2.24, 2.45) is 0 Å². The summed E-state index contributed by atoms with van der Waals surface area (Å²) in [7, 11) is 0. The lowest BCUT2D eigenvalue weighted by Crippen LogP contribution is -2.37. The SMILES string of the molecule is O=C(O)C1CCC(=O)N1Cc1occc1Br. The molecule has 0 saturated carbocycles. The van der Waals surface area contributed by atoms with Gasteiger partial charge in [0.25, 0.3) is 0 Å². The molecule has 1 aromatic rings. The molecule has 0 aliphatic carbocycles. The molecular weight excluding hydrogens is 278 g/mol. The molecule has 6 heteroatoms. The first-order valence-electron chi connectivity index (χ1n) is 4.83. The fourth-order valence-electron chi connectivity index (χ4n) is 1.78. The van der Waals surface area contributed by atoms with E-state index in [9.17, 15) is 9.59 Å². The van der Waals surface area contributed by atoms with Crippen LogP contribution < -0.4 is 0 Å². The van der Waals surface area contributed by atoms with Crippen molar-refractivity contribution in [3.8, 4) is 0 Å². The number of amides is 1. The summed E-state index contributed by atoms with van der Waals surface area (Å²) in [5.74, 6) is -0.536. The van der Waals surface area contributed by atoms with E-state index in [0.29, 0.717) is 12.2 Å². The van der Waals surface area contributed by atoms with Crippen molar-refractivity contribution in [2.75, 3.05) is 0 Å². The number of likely N-dealkylation sites (tertiary alicyclic amines) is 1. The predicted octanol–water partition coefficient (Wildman–Crippen LogP) is 1.62. The van der Waals surface area contributed by atoms with Gasteiger partial charge in [0, 0.05) is 6.42 Å². The predicted molar refractivity (Wildman–Crippen MR) is 57.6 cm³/mol. The zero-order valence-electron chi connectivity index (χ0n) is 8.35. The van der Waals surface area contributed by atoms with Gasteiger partial charge in [-0.15, -0.1) is 0 Å². The van der Waals surface area contributed by atoms with Gasteiger partial charge in [-0.3, -0.25) is 4.79 Å². The largest absolute Gasteiger partial charge is 0.480 e. The number of hydrogen-bond acceptors (Lipinski definition) is 3. The first kappa shape index (κ1) is 11.2. The molecule has 1 unspecified atom stereocenters. The molecule has 1 fully saturated rings. The van der Waals surface area contributed by atoms with Gasteiger partial charge in [-0.2, -0.15) is 0 Å². The Kier molecular flexibility index (Phi) is 3.00. The van der Waals surface area contributed by atoms with Crippen LogP contribution in [0.3, 0.4) is 0 Å². The summed E-state index contributed by atoms with van der Waals surface area (Å²) < 4.78 is 5.92. The van der Waals surface area contributed by atoms with E-state index in [1.807, 2.05) is 0 Å². The highest BCUT2D eigenvalue weighted by atomic mass is 79.9. The van der Waals surface area contributed by atoms with E-state index in [0.717, 1.165) is 4.47 Å². The number of aliphatic carboxylic acids is 1. The van der Waals surface area contributed by atoms with Crippen LogP contribution in [0.5, 0.6) is 0 Å². The molecule has 1 atom stereocenters. The second kappa shape index (κ2) is 4.29. The van der Waals surface area contributed by atoms with E-state index in [1.165, 1.54) is 11.2 Å². The van der Waals surface area contributed by atoms with Gasteiger partial charge in [0.2, 0.25) is 5.91 Å². The summed E-state index contributed by atoms with van der Waals surface area (Å²) in [5, 5.41) is 8.96. The summed E-state index contributed by atoms with van der Waals surface area (Å²) in [4.78, 5) is 23.8.